The number of nitrogens with two attached hydrogens (primary N) is 1. The van der Waals surface area contributed by atoms with Gasteiger partial charge in [-0.05, 0) is 56.4 Å². The molecule has 1 heterocycles. The number of hydrogen-bond donors (Lipinski definition) is 1. The molecule has 0 bridgehead atoms. The van der Waals surface area contributed by atoms with Gasteiger partial charge in [0.2, 0.25) is 5.91 Å². The molecular formula is C30H36N2O3. The second-order valence-corrected chi connectivity index (χ2v) is 9.97. The fourth-order valence-corrected chi connectivity index (χ4v) is 5.20. The van der Waals surface area contributed by atoms with E-state index in [2.05, 4.69) is 18.7 Å². The van der Waals surface area contributed by atoms with Gasteiger partial charge >= 0.3 is 0 Å². The van der Waals surface area contributed by atoms with Gasteiger partial charge < -0.3 is 15.2 Å². The van der Waals surface area contributed by atoms with E-state index in [-0.39, 0.29) is 17.6 Å². The monoisotopic (exact) mass is 472 g/mol. The van der Waals surface area contributed by atoms with E-state index < -0.39 is 5.41 Å². The lowest BCUT2D eigenvalue weighted by Crippen LogP contribution is -2.47. The van der Waals surface area contributed by atoms with Gasteiger partial charge in [-0.2, -0.15) is 0 Å². The molecule has 0 aromatic heterocycles. The Morgan fingerprint density at radius 3 is 2.09 bits per heavy atom. The van der Waals surface area contributed by atoms with Gasteiger partial charge in [0, 0.05) is 24.7 Å². The number of carbonyl (C=O) groups excluding carboxylic acids is 1. The number of benzene rings is 3. The standard InChI is InChI=1S/C30H36N2O3/c1-29(2,32-20-17-27(22-32)35-26-16-10-15-25(21-26)34-3)18-19-30(28(31)33,23-11-6-4-7-12-23)24-13-8-5-9-14-24/h4-16,21,27H,17-20,22H2,1-3H3,(H2,31,33)/t27-/m1/s1. The number of carbonyl (C=O) groups is 1. The highest BCUT2D eigenvalue weighted by molar-refractivity contribution is 5.90. The Kier molecular flexibility index (Phi) is 7.46. The second kappa shape index (κ2) is 10.5. The van der Waals surface area contributed by atoms with E-state index >= 15 is 0 Å². The first-order chi connectivity index (χ1) is 16.8. The van der Waals surface area contributed by atoms with Crippen LogP contribution in [-0.2, 0) is 10.2 Å². The number of primary amides is 1. The van der Waals surface area contributed by atoms with Crippen LogP contribution >= 0.6 is 0 Å². The number of likely N-dealkylation sites (tertiary alicyclic amines) is 1. The second-order valence-electron chi connectivity index (χ2n) is 9.97. The average Bonchev–Trinajstić information content (AvgIpc) is 3.35. The van der Waals surface area contributed by atoms with Crippen LogP contribution in [0.3, 0.4) is 0 Å². The molecule has 2 N–H and O–H groups in total. The van der Waals surface area contributed by atoms with Crippen molar-refractivity contribution in [1.29, 1.82) is 0 Å². The van der Waals surface area contributed by atoms with Crippen LogP contribution in [-0.4, -0.2) is 42.6 Å². The molecule has 1 amide bonds. The van der Waals surface area contributed by atoms with Gasteiger partial charge in [-0.1, -0.05) is 66.7 Å². The third kappa shape index (κ3) is 5.35. The fourth-order valence-electron chi connectivity index (χ4n) is 5.20. The maximum atomic E-state index is 13.1. The highest BCUT2D eigenvalue weighted by Crippen LogP contribution is 2.40. The molecule has 0 aliphatic carbocycles. The van der Waals surface area contributed by atoms with Crippen molar-refractivity contribution in [3.05, 3.63) is 96.1 Å². The van der Waals surface area contributed by atoms with Crippen LogP contribution in [0.4, 0.5) is 0 Å². The third-order valence-corrected chi connectivity index (χ3v) is 7.41. The van der Waals surface area contributed by atoms with Crippen molar-refractivity contribution in [2.75, 3.05) is 20.2 Å². The predicted octanol–water partition coefficient (Wildman–Crippen LogP) is 5.18. The minimum Gasteiger partial charge on any atom is -0.497 e. The van der Waals surface area contributed by atoms with Gasteiger partial charge in [0.05, 0.1) is 12.5 Å². The van der Waals surface area contributed by atoms with Crippen LogP contribution in [0.2, 0.25) is 0 Å². The van der Waals surface area contributed by atoms with Crippen LogP contribution in [0, 0.1) is 0 Å². The van der Waals surface area contributed by atoms with Gasteiger partial charge in [-0.15, -0.1) is 0 Å². The maximum Gasteiger partial charge on any atom is 0.232 e. The SMILES string of the molecule is COc1cccc(O[C@@H]2CCN(C(C)(C)CCC(C(N)=O)(c3ccccc3)c3ccccc3)C2)c1. The number of rotatable bonds is 10. The molecule has 4 rings (SSSR count). The highest BCUT2D eigenvalue weighted by atomic mass is 16.5. The molecule has 184 valence electrons. The van der Waals surface area contributed by atoms with Crippen molar-refractivity contribution in [3.8, 4) is 11.5 Å². The number of amides is 1. The Bertz CT molecular complexity index is 1080. The van der Waals surface area contributed by atoms with E-state index in [4.69, 9.17) is 15.2 Å². The Hall–Kier alpha value is -3.31. The Balaban J connectivity index is 1.51. The lowest BCUT2D eigenvalue weighted by Gasteiger charge is -2.40. The van der Waals surface area contributed by atoms with Crippen molar-refractivity contribution in [2.45, 2.75) is 50.2 Å². The Morgan fingerprint density at radius 1 is 0.914 bits per heavy atom. The van der Waals surface area contributed by atoms with Crippen molar-refractivity contribution < 1.29 is 14.3 Å². The van der Waals surface area contributed by atoms with Gasteiger partial charge in [-0.25, -0.2) is 0 Å². The summed E-state index contributed by atoms with van der Waals surface area (Å²) in [4.78, 5) is 15.6. The van der Waals surface area contributed by atoms with Gasteiger partial charge in [0.1, 0.15) is 17.6 Å². The molecule has 1 saturated heterocycles. The van der Waals surface area contributed by atoms with Crippen LogP contribution in [0.5, 0.6) is 11.5 Å². The zero-order chi connectivity index (χ0) is 24.9. The zero-order valence-corrected chi connectivity index (χ0v) is 20.9. The minimum absolute atomic E-state index is 0.116. The molecule has 0 saturated carbocycles. The van der Waals surface area contributed by atoms with Crippen LogP contribution in [0.25, 0.3) is 0 Å². The first-order valence-corrected chi connectivity index (χ1v) is 12.3. The molecule has 5 nitrogen and oxygen atoms in total. The van der Waals surface area contributed by atoms with Crippen molar-refractivity contribution in [1.82, 2.24) is 4.90 Å². The summed E-state index contributed by atoms with van der Waals surface area (Å²) < 4.78 is 11.6. The third-order valence-electron chi connectivity index (χ3n) is 7.41. The lowest BCUT2D eigenvalue weighted by molar-refractivity contribution is -0.122. The summed E-state index contributed by atoms with van der Waals surface area (Å²) >= 11 is 0. The molecule has 0 spiro atoms. The highest BCUT2D eigenvalue weighted by Gasteiger charge is 2.43. The lowest BCUT2D eigenvalue weighted by atomic mass is 9.69. The number of methoxy groups -OCH3 is 1. The molecule has 3 aromatic carbocycles. The van der Waals surface area contributed by atoms with E-state index in [9.17, 15) is 4.79 Å². The summed E-state index contributed by atoms with van der Waals surface area (Å²) in [5.74, 6) is 1.31. The first kappa shape index (κ1) is 24.8. The summed E-state index contributed by atoms with van der Waals surface area (Å²) in [5, 5.41) is 0. The van der Waals surface area contributed by atoms with Gasteiger partial charge in [0.15, 0.2) is 0 Å². The number of ether oxygens (including phenoxy) is 2. The molecular weight excluding hydrogens is 436 g/mol. The number of nitrogens with zero attached hydrogens (tertiary/aromatic N) is 1. The zero-order valence-electron chi connectivity index (χ0n) is 20.9. The molecule has 1 atom stereocenters. The summed E-state index contributed by atoms with van der Waals surface area (Å²) in [6, 6.07) is 27.6. The van der Waals surface area contributed by atoms with E-state index in [1.807, 2.05) is 84.9 Å². The first-order valence-electron chi connectivity index (χ1n) is 12.3. The molecule has 1 fully saturated rings. The van der Waals surface area contributed by atoms with Gasteiger partial charge in [-0.3, -0.25) is 9.69 Å². The van der Waals surface area contributed by atoms with Gasteiger partial charge in [0.25, 0.3) is 0 Å². The Labute approximate surface area is 208 Å². The van der Waals surface area contributed by atoms with E-state index in [1.54, 1.807) is 7.11 Å². The van der Waals surface area contributed by atoms with Crippen LogP contribution < -0.4 is 15.2 Å². The molecule has 1 aliphatic rings. The summed E-state index contributed by atoms with van der Waals surface area (Å²) in [6.07, 6.45) is 2.51. The Morgan fingerprint density at radius 2 is 1.51 bits per heavy atom. The summed E-state index contributed by atoms with van der Waals surface area (Å²) in [5.41, 5.74) is 7.04. The van der Waals surface area contributed by atoms with Crippen molar-refractivity contribution >= 4 is 5.91 Å². The normalized spacial score (nSPS) is 16.7. The number of hydrogen-bond acceptors (Lipinski definition) is 4. The smallest absolute Gasteiger partial charge is 0.232 e. The molecule has 35 heavy (non-hydrogen) atoms. The fraction of sp³-hybridized carbons (Fsp3) is 0.367. The molecule has 1 aliphatic heterocycles. The van der Waals surface area contributed by atoms with E-state index in [1.165, 1.54) is 0 Å². The van der Waals surface area contributed by atoms with Crippen LogP contribution in [0.1, 0.15) is 44.2 Å². The largest absolute Gasteiger partial charge is 0.497 e. The summed E-state index contributed by atoms with van der Waals surface area (Å²) in [7, 11) is 1.66. The summed E-state index contributed by atoms with van der Waals surface area (Å²) in [6.45, 7) is 6.29. The topological polar surface area (TPSA) is 64.8 Å². The van der Waals surface area contributed by atoms with Crippen molar-refractivity contribution in [2.24, 2.45) is 5.73 Å². The van der Waals surface area contributed by atoms with Crippen LogP contribution in [0.15, 0.2) is 84.9 Å². The average molecular weight is 473 g/mol. The predicted molar refractivity (Wildman–Crippen MR) is 140 cm³/mol. The quantitative estimate of drug-likeness (QED) is 0.442. The molecule has 0 radical (unpaired) electrons. The maximum absolute atomic E-state index is 13.1. The van der Waals surface area contributed by atoms with Crippen molar-refractivity contribution in [3.63, 3.8) is 0 Å². The van der Waals surface area contributed by atoms with E-state index in [0.29, 0.717) is 6.42 Å². The molecule has 3 aromatic rings. The van der Waals surface area contributed by atoms with E-state index in [0.717, 1.165) is 48.6 Å². The molecule has 5 heteroatoms. The minimum atomic E-state index is -0.879. The molecule has 0 unspecified atom stereocenters.